The molecule has 1 amide bonds. The van der Waals surface area contributed by atoms with Gasteiger partial charge in [-0.3, -0.25) is 4.79 Å². The first-order chi connectivity index (χ1) is 8.33. The van der Waals surface area contributed by atoms with Gasteiger partial charge in [0.05, 0.1) is 0 Å². The Bertz CT molecular complexity index is 458. The second kappa shape index (κ2) is 5.61. The third-order valence-corrected chi connectivity index (χ3v) is 2.32. The molecule has 0 aliphatic carbocycles. The van der Waals surface area contributed by atoms with Crippen LogP contribution in [-0.4, -0.2) is 12.1 Å². The van der Waals surface area contributed by atoms with E-state index in [9.17, 15) is 22.9 Å². The van der Waals surface area contributed by atoms with E-state index in [1.165, 1.54) is 12.1 Å². The lowest BCUT2D eigenvalue weighted by molar-refractivity contribution is -0.150. The normalized spacial score (nSPS) is 11.1. The van der Waals surface area contributed by atoms with Crippen molar-refractivity contribution in [3.8, 4) is 0 Å². The van der Waals surface area contributed by atoms with Crippen molar-refractivity contribution in [3.05, 3.63) is 34.2 Å². The van der Waals surface area contributed by atoms with Gasteiger partial charge in [0, 0.05) is 5.69 Å². The maximum Gasteiger partial charge on any atom is 0.397 e. The minimum Gasteiger partial charge on any atom is -0.326 e. The maximum atomic E-state index is 12.0. The minimum atomic E-state index is -4.54. The predicted octanol–water partition coefficient (Wildman–Crippen LogP) is 3.15. The van der Waals surface area contributed by atoms with Crippen molar-refractivity contribution in [2.75, 3.05) is 5.32 Å². The van der Waals surface area contributed by atoms with E-state index in [1.54, 1.807) is 13.0 Å². The van der Waals surface area contributed by atoms with Crippen molar-refractivity contribution in [1.82, 2.24) is 0 Å². The standard InChI is InChI=1S/C11H11F3N2O2/c1-7-8(6-15-18)3-2-4-9(7)16-10(17)5-11(12,13)14/h2-4H,5-6H2,1H3,(H,16,17). The van der Waals surface area contributed by atoms with Crippen LogP contribution in [0.1, 0.15) is 17.5 Å². The van der Waals surface area contributed by atoms with Gasteiger partial charge in [0.15, 0.2) is 0 Å². The van der Waals surface area contributed by atoms with Crippen molar-refractivity contribution in [2.24, 2.45) is 5.18 Å². The van der Waals surface area contributed by atoms with Gasteiger partial charge in [0.2, 0.25) is 5.91 Å². The van der Waals surface area contributed by atoms with E-state index in [-0.39, 0.29) is 12.2 Å². The van der Waals surface area contributed by atoms with Crippen LogP contribution in [0, 0.1) is 11.8 Å². The molecule has 0 radical (unpaired) electrons. The molecule has 0 saturated heterocycles. The summed E-state index contributed by atoms with van der Waals surface area (Å²) in [5, 5.41) is 4.87. The number of alkyl halides is 3. The highest BCUT2D eigenvalue weighted by molar-refractivity contribution is 5.92. The van der Waals surface area contributed by atoms with Gasteiger partial charge < -0.3 is 5.32 Å². The smallest absolute Gasteiger partial charge is 0.326 e. The van der Waals surface area contributed by atoms with Gasteiger partial charge in [-0.15, -0.1) is 0 Å². The third kappa shape index (κ3) is 4.15. The molecule has 0 aliphatic heterocycles. The van der Waals surface area contributed by atoms with Gasteiger partial charge in [-0.1, -0.05) is 17.3 Å². The quantitative estimate of drug-likeness (QED) is 0.845. The maximum absolute atomic E-state index is 12.0. The van der Waals surface area contributed by atoms with Gasteiger partial charge in [-0.25, -0.2) is 0 Å². The van der Waals surface area contributed by atoms with Gasteiger partial charge >= 0.3 is 6.18 Å². The van der Waals surface area contributed by atoms with Gasteiger partial charge in [-0.05, 0) is 24.1 Å². The molecule has 0 aliphatic rings. The average molecular weight is 260 g/mol. The van der Waals surface area contributed by atoms with Crippen molar-refractivity contribution >= 4 is 11.6 Å². The Morgan fingerprint density at radius 3 is 2.61 bits per heavy atom. The van der Waals surface area contributed by atoms with Gasteiger partial charge in [0.25, 0.3) is 0 Å². The number of carbonyl (C=O) groups is 1. The Morgan fingerprint density at radius 1 is 1.39 bits per heavy atom. The largest absolute Gasteiger partial charge is 0.397 e. The molecule has 0 fully saturated rings. The van der Waals surface area contributed by atoms with Crippen LogP contribution in [0.3, 0.4) is 0 Å². The van der Waals surface area contributed by atoms with Crippen molar-refractivity contribution in [3.63, 3.8) is 0 Å². The zero-order chi connectivity index (χ0) is 13.8. The Balaban J connectivity index is 2.82. The predicted molar refractivity (Wildman–Crippen MR) is 60.0 cm³/mol. The van der Waals surface area contributed by atoms with E-state index >= 15 is 0 Å². The molecule has 0 atom stereocenters. The van der Waals surface area contributed by atoms with Gasteiger partial charge in [-0.2, -0.15) is 18.1 Å². The van der Waals surface area contributed by atoms with Crippen LogP contribution in [0.5, 0.6) is 0 Å². The number of nitroso groups, excluding NO2 is 1. The Kier molecular flexibility index (Phi) is 4.41. The van der Waals surface area contributed by atoms with E-state index < -0.39 is 18.5 Å². The molecule has 0 saturated carbocycles. The van der Waals surface area contributed by atoms with Crippen LogP contribution >= 0.6 is 0 Å². The molecule has 1 N–H and O–H groups in total. The number of carbonyl (C=O) groups excluding carboxylic acids is 1. The number of nitrogens with one attached hydrogen (secondary N) is 1. The Morgan fingerprint density at radius 2 is 2.06 bits per heavy atom. The van der Waals surface area contributed by atoms with Crippen LogP contribution < -0.4 is 5.32 Å². The van der Waals surface area contributed by atoms with Crippen LogP contribution in [-0.2, 0) is 11.3 Å². The third-order valence-electron chi connectivity index (χ3n) is 2.32. The summed E-state index contributed by atoms with van der Waals surface area (Å²) in [5.41, 5.74) is 1.35. The number of rotatable bonds is 4. The highest BCUT2D eigenvalue weighted by atomic mass is 19.4. The fraction of sp³-hybridized carbons (Fsp3) is 0.364. The summed E-state index contributed by atoms with van der Waals surface area (Å²) in [7, 11) is 0. The first-order valence-electron chi connectivity index (χ1n) is 5.07. The van der Waals surface area contributed by atoms with Crippen LogP contribution in [0.4, 0.5) is 18.9 Å². The molecular formula is C11H11F3N2O2. The summed E-state index contributed by atoms with van der Waals surface area (Å²) >= 11 is 0. The molecule has 1 aromatic rings. The Labute approximate surface area is 101 Å². The summed E-state index contributed by atoms with van der Waals surface area (Å²) in [4.78, 5) is 21.3. The summed E-state index contributed by atoms with van der Waals surface area (Å²) in [5.74, 6) is -1.14. The van der Waals surface area contributed by atoms with E-state index in [1.807, 2.05) is 0 Å². The number of benzene rings is 1. The zero-order valence-electron chi connectivity index (χ0n) is 9.54. The van der Waals surface area contributed by atoms with Crippen LogP contribution in [0.15, 0.2) is 23.4 Å². The second-order valence-electron chi connectivity index (χ2n) is 3.72. The number of halogens is 3. The molecule has 0 spiro atoms. The average Bonchev–Trinajstić information content (AvgIpc) is 2.21. The molecule has 1 aromatic carbocycles. The lowest BCUT2D eigenvalue weighted by Gasteiger charge is -2.11. The molecule has 7 heteroatoms. The monoisotopic (exact) mass is 260 g/mol. The summed E-state index contributed by atoms with van der Waals surface area (Å²) in [6.07, 6.45) is -6.08. The van der Waals surface area contributed by atoms with E-state index in [2.05, 4.69) is 10.5 Å². The number of amides is 1. The molecule has 0 heterocycles. The minimum absolute atomic E-state index is 0.0885. The highest BCUT2D eigenvalue weighted by Gasteiger charge is 2.31. The van der Waals surface area contributed by atoms with Crippen molar-refractivity contribution < 1.29 is 18.0 Å². The van der Waals surface area contributed by atoms with Crippen molar-refractivity contribution in [2.45, 2.75) is 26.1 Å². The lowest BCUT2D eigenvalue weighted by atomic mass is 10.1. The molecule has 98 valence electrons. The number of hydrogen-bond acceptors (Lipinski definition) is 3. The summed E-state index contributed by atoms with van der Waals surface area (Å²) in [6, 6.07) is 4.63. The fourth-order valence-corrected chi connectivity index (χ4v) is 1.44. The van der Waals surface area contributed by atoms with Gasteiger partial charge in [0.1, 0.15) is 13.0 Å². The zero-order valence-corrected chi connectivity index (χ0v) is 9.54. The Hall–Kier alpha value is -1.92. The summed E-state index contributed by atoms with van der Waals surface area (Å²) < 4.78 is 36.0. The highest BCUT2D eigenvalue weighted by Crippen LogP contribution is 2.23. The first-order valence-corrected chi connectivity index (χ1v) is 5.07. The number of nitrogens with zero attached hydrogens (tertiary/aromatic N) is 1. The van der Waals surface area contributed by atoms with E-state index in [0.29, 0.717) is 11.1 Å². The lowest BCUT2D eigenvalue weighted by Crippen LogP contribution is -2.21. The molecule has 0 aromatic heterocycles. The topological polar surface area (TPSA) is 58.5 Å². The second-order valence-corrected chi connectivity index (χ2v) is 3.72. The fourth-order valence-electron chi connectivity index (χ4n) is 1.44. The van der Waals surface area contributed by atoms with Crippen LogP contribution in [0.25, 0.3) is 0 Å². The van der Waals surface area contributed by atoms with E-state index in [4.69, 9.17) is 0 Å². The molecule has 18 heavy (non-hydrogen) atoms. The molecule has 0 unspecified atom stereocenters. The van der Waals surface area contributed by atoms with Crippen LogP contribution in [0.2, 0.25) is 0 Å². The molecule has 1 rings (SSSR count). The number of anilines is 1. The SMILES string of the molecule is Cc1c(CN=O)cccc1NC(=O)CC(F)(F)F. The van der Waals surface area contributed by atoms with E-state index in [0.717, 1.165) is 0 Å². The van der Waals surface area contributed by atoms with Crippen molar-refractivity contribution in [1.29, 1.82) is 0 Å². The molecule has 4 nitrogen and oxygen atoms in total. The molecule has 0 bridgehead atoms. The summed E-state index contributed by atoms with van der Waals surface area (Å²) in [6.45, 7) is 1.51. The first kappa shape index (κ1) is 14.1. The molecular weight excluding hydrogens is 249 g/mol. The number of hydrogen-bond donors (Lipinski definition) is 1.